The lowest BCUT2D eigenvalue weighted by molar-refractivity contribution is -0.383. The molecule has 0 bridgehead atoms. The third-order valence-electron chi connectivity index (χ3n) is 4.68. The van der Waals surface area contributed by atoms with Crippen LogP contribution >= 0.6 is 0 Å². The number of nitro groups is 1. The Bertz CT molecular complexity index is 1390. The van der Waals surface area contributed by atoms with E-state index in [9.17, 15) is 28.1 Å². The van der Waals surface area contributed by atoms with E-state index in [0.29, 0.717) is 0 Å². The summed E-state index contributed by atoms with van der Waals surface area (Å²) >= 11 is 0. The molecule has 3 aromatic rings. The molecule has 3 rings (SSSR count). The Morgan fingerprint density at radius 3 is 2.03 bits per heavy atom. The van der Waals surface area contributed by atoms with E-state index in [1.54, 1.807) is 19.1 Å². The number of aryl methyl sites for hydroxylation is 1. The Morgan fingerprint density at radius 1 is 0.944 bits per heavy atom. The van der Waals surface area contributed by atoms with Crippen LogP contribution in [0.5, 0.6) is 0 Å². The summed E-state index contributed by atoms with van der Waals surface area (Å²) in [5.41, 5.74) is 2.35. The highest BCUT2D eigenvalue weighted by molar-refractivity contribution is 7.89. The first-order valence-electron chi connectivity index (χ1n) is 9.98. The van der Waals surface area contributed by atoms with Crippen LogP contribution in [-0.2, 0) is 19.5 Å². The number of carbonyl (C=O) groups excluding carboxylic acids is 2. The molecule has 0 aliphatic heterocycles. The Hall–Kier alpha value is -4.63. The molecule has 0 saturated carbocycles. The van der Waals surface area contributed by atoms with Crippen molar-refractivity contribution in [2.75, 3.05) is 25.0 Å². The summed E-state index contributed by atoms with van der Waals surface area (Å²) in [6, 6.07) is 9.70. The van der Waals surface area contributed by atoms with E-state index in [-0.39, 0.29) is 27.5 Å². The number of nitrogens with zero attached hydrogens (tertiary/aromatic N) is 3. The van der Waals surface area contributed by atoms with Crippen LogP contribution in [0.15, 0.2) is 53.7 Å². The average molecular weight is 516 g/mol. The van der Waals surface area contributed by atoms with Crippen molar-refractivity contribution in [3.63, 3.8) is 0 Å². The van der Waals surface area contributed by atoms with Gasteiger partial charge < -0.3 is 14.8 Å². The highest BCUT2D eigenvalue weighted by atomic mass is 32.2. The first kappa shape index (κ1) is 26.0. The predicted octanol–water partition coefficient (Wildman–Crippen LogP) is 2.32. The van der Waals surface area contributed by atoms with Crippen molar-refractivity contribution >= 4 is 45.0 Å². The topological polar surface area (TPSA) is 192 Å². The number of esters is 2. The van der Waals surface area contributed by atoms with E-state index in [0.717, 1.165) is 26.1 Å². The second kappa shape index (κ2) is 10.7. The van der Waals surface area contributed by atoms with Crippen LogP contribution in [0.4, 0.5) is 23.0 Å². The number of sulfonamides is 1. The standard InChI is InChI=1S/C21H20N6O8S/c1-12-4-6-16(7-5-12)36(32,33)26-25-19-17(27(30)31)18(22-11-23-19)24-15-9-13(20(28)34-2)8-14(10-15)21(29)35-3/h4-11,26H,1-3H3,(H2,22,23,24,25). The van der Waals surface area contributed by atoms with Gasteiger partial charge in [0, 0.05) is 5.69 Å². The van der Waals surface area contributed by atoms with Crippen LogP contribution in [0, 0.1) is 17.0 Å². The molecular formula is C21H20N6O8S. The molecule has 0 spiro atoms. The molecular weight excluding hydrogens is 496 g/mol. The van der Waals surface area contributed by atoms with Crippen molar-refractivity contribution in [3.05, 3.63) is 75.6 Å². The summed E-state index contributed by atoms with van der Waals surface area (Å²) in [6.07, 6.45) is 0.948. The third kappa shape index (κ3) is 5.89. The molecule has 0 atom stereocenters. The van der Waals surface area contributed by atoms with Gasteiger partial charge in [-0.05, 0) is 37.3 Å². The summed E-state index contributed by atoms with van der Waals surface area (Å²) in [4.78, 5) is 44.6. The molecule has 188 valence electrons. The van der Waals surface area contributed by atoms with E-state index in [4.69, 9.17) is 0 Å². The molecule has 2 aromatic carbocycles. The second-order valence-corrected chi connectivity index (χ2v) is 8.81. The number of hydrogen-bond donors (Lipinski definition) is 3. The molecule has 0 unspecified atom stereocenters. The normalized spacial score (nSPS) is 10.9. The zero-order chi connectivity index (χ0) is 26.5. The lowest BCUT2D eigenvalue weighted by Gasteiger charge is -2.12. The van der Waals surface area contributed by atoms with Gasteiger partial charge in [0.05, 0.1) is 35.2 Å². The first-order chi connectivity index (χ1) is 17.1. The fourth-order valence-electron chi connectivity index (χ4n) is 2.93. The summed E-state index contributed by atoms with van der Waals surface area (Å²) in [7, 11) is -1.80. The summed E-state index contributed by atoms with van der Waals surface area (Å²) in [5, 5.41) is 14.5. The first-order valence-corrected chi connectivity index (χ1v) is 11.5. The molecule has 0 radical (unpaired) electrons. The van der Waals surface area contributed by atoms with Crippen molar-refractivity contribution < 1.29 is 32.4 Å². The van der Waals surface area contributed by atoms with Crippen molar-refractivity contribution in [1.29, 1.82) is 0 Å². The second-order valence-electron chi connectivity index (χ2n) is 7.13. The van der Waals surface area contributed by atoms with E-state index in [1.165, 1.54) is 30.3 Å². The zero-order valence-electron chi connectivity index (χ0n) is 19.1. The smallest absolute Gasteiger partial charge is 0.354 e. The van der Waals surface area contributed by atoms with E-state index in [1.807, 2.05) is 4.83 Å². The summed E-state index contributed by atoms with van der Waals surface area (Å²) in [5.74, 6) is -2.36. The fraction of sp³-hybridized carbons (Fsp3) is 0.143. The number of anilines is 3. The van der Waals surface area contributed by atoms with Gasteiger partial charge in [-0.1, -0.05) is 17.7 Å². The number of methoxy groups -OCH3 is 2. The van der Waals surface area contributed by atoms with Gasteiger partial charge in [0.1, 0.15) is 6.33 Å². The lowest BCUT2D eigenvalue weighted by Crippen LogP contribution is -2.30. The Labute approximate surface area is 204 Å². The number of nitrogens with one attached hydrogen (secondary N) is 3. The monoisotopic (exact) mass is 516 g/mol. The Morgan fingerprint density at radius 2 is 1.50 bits per heavy atom. The minimum Gasteiger partial charge on any atom is -0.465 e. The minimum atomic E-state index is -4.09. The summed E-state index contributed by atoms with van der Waals surface area (Å²) in [6.45, 7) is 1.79. The number of hydrazine groups is 1. The predicted molar refractivity (Wildman–Crippen MR) is 126 cm³/mol. The maximum absolute atomic E-state index is 12.5. The number of aromatic nitrogens is 2. The average Bonchev–Trinajstić information content (AvgIpc) is 2.86. The van der Waals surface area contributed by atoms with Gasteiger partial charge in [-0.15, -0.1) is 4.83 Å². The molecule has 15 heteroatoms. The number of carbonyl (C=O) groups is 2. The third-order valence-corrected chi connectivity index (χ3v) is 5.94. The SMILES string of the molecule is COC(=O)c1cc(Nc2ncnc(NNS(=O)(=O)c3ccc(C)cc3)c2[N+](=O)[O-])cc(C(=O)OC)c1. The largest absolute Gasteiger partial charge is 0.465 e. The maximum Gasteiger partial charge on any atom is 0.354 e. The molecule has 0 amide bonds. The quantitative estimate of drug-likeness (QED) is 0.214. The van der Waals surface area contributed by atoms with Crippen LogP contribution < -0.4 is 15.6 Å². The molecule has 0 saturated heterocycles. The highest BCUT2D eigenvalue weighted by Gasteiger charge is 2.25. The molecule has 0 aliphatic rings. The van der Waals surface area contributed by atoms with Gasteiger partial charge in [-0.25, -0.2) is 28.0 Å². The van der Waals surface area contributed by atoms with Gasteiger partial charge in [0.15, 0.2) is 0 Å². The van der Waals surface area contributed by atoms with Crippen molar-refractivity contribution in [3.8, 4) is 0 Å². The summed E-state index contributed by atoms with van der Waals surface area (Å²) < 4.78 is 34.4. The van der Waals surface area contributed by atoms with E-state index in [2.05, 4.69) is 30.2 Å². The zero-order valence-corrected chi connectivity index (χ0v) is 20.0. The number of rotatable bonds is 9. The van der Waals surface area contributed by atoms with Gasteiger partial charge in [0.2, 0.25) is 11.6 Å². The number of hydrogen-bond acceptors (Lipinski definition) is 12. The van der Waals surface area contributed by atoms with Crippen molar-refractivity contribution in [2.45, 2.75) is 11.8 Å². The molecule has 3 N–H and O–H groups in total. The lowest BCUT2D eigenvalue weighted by atomic mass is 10.1. The fourth-order valence-corrected chi connectivity index (χ4v) is 3.78. The van der Waals surface area contributed by atoms with Crippen LogP contribution in [0.3, 0.4) is 0 Å². The van der Waals surface area contributed by atoms with Gasteiger partial charge in [-0.2, -0.15) is 0 Å². The van der Waals surface area contributed by atoms with Crippen molar-refractivity contribution in [2.24, 2.45) is 0 Å². The van der Waals surface area contributed by atoms with Crippen LogP contribution in [-0.4, -0.2) is 49.5 Å². The molecule has 14 nitrogen and oxygen atoms in total. The maximum atomic E-state index is 12.5. The van der Waals surface area contributed by atoms with Gasteiger partial charge >= 0.3 is 17.6 Å². The minimum absolute atomic E-state index is 0.0381. The van der Waals surface area contributed by atoms with Gasteiger partial charge in [0.25, 0.3) is 10.0 Å². The molecule has 1 aromatic heterocycles. The van der Waals surface area contributed by atoms with Crippen LogP contribution in [0.25, 0.3) is 0 Å². The Balaban J connectivity index is 1.96. The van der Waals surface area contributed by atoms with Gasteiger partial charge in [-0.3, -0.25) is 15.5 Å². The Kier molecular flexibility index (Phi) is 7.76. The number of benzene rings is 2. The number of ether oxygens (including phenoxy) is 2. The van der Waals surface area contributed by atoms with Crippen molar-refractivity contribution in [1.82, 2.24) is 14.8 Å². The molecule has 1 heterocycles. The molecule has 0 aliphatic carbocycles. The van der Waals surface area contributed by atoms with E-state index >= 15 is 0 Å². The highest BCUT2D eigenvalue weighted by Crippen LogP contribution is 2.31. The van der Waals surface area contributed by atoms with Crippen LogP contribution in [0.2, 0.25) is 0 Å². The molecule has 0 fully saturated rings. The van der Waals surface area contributed by atoms with E-state index < -0.39 is 38.4 Å². The molecule has 36 heavy (non-hydrogen) atoms. The van der Waals surface area contributed by atoms with Crippen LogP contribution in [0.1, 0.15) is 26.3 Å².